The zero-order chi connectivity index (χ0) is 22.4. The number of hydrogen-bond donors (Lipinski definition) is 1. The average molecular weight is 463 g/mol. The predicted octanol–water partition coefficient (Wildman–Crippen LogP) is 3.66. The van der Waals surface area contributed by atoms with E-state index in [0.29, 0.717) is 53.5 Å². The maximum Gasteiger partial charge on any atom is 0.253 e. The maximum atomic E-state index is 12.9. The fourth-order valence-corrected chi connectivity index (χ4v) is 4.82. The third-order valence-electron chi connectivity index (χ3n) is 5.77. The molecule has 0 unspecified atom stereocenters. The summed E-state index contributed by atoms with van der Waals surface area (Å²) in [5.74, 6) is 0.440. The summed E-state index contributed by atoms with van der Waals surface area (Å²) < 4.78 is 31.3. The summed E-state index contributed by atoms with van der Waals surface area (Å²) in [6, 6.07) is 9.80. The second kappa shape index (κ2) is 7.84. The van der Waals surface area contributed by atoms with Crippen LogP contribution in [0.25, 0.3) is 0 Å². The Morgan fingerprint density at radius 1 is 1.16 bits per heavy atom. The molecule has 2 aromatic carbocycles. The van der Waals surface area contributed by atoms with Crippen LogP contribution in [0.3, 0.4) is 0 Å². The van der Waals surface area contributed by atoms with Gasteiger partial charge in [-0.05, 0) is 48.9 Å². The van der Waals surface area contributed by atoms with E-state index in [1.54, 1.807) is 41.3 Å². The first kappa shape index (κ1) is 21.6. The van der Waals surface area contributed by atoms with Crippen LogP contribution in [0.1, 0.15) is 45.5 Å². The number of carbonyl (C=O) groups is 2. The molecular weight excluding hydrogens is 440 g/mol. The van der Waals surface area contributed by atoms with Gasteiger partial charge in [0.1, 0.15) is 11.4 Å². The van der Waals surface area contributed by atoms with E-state index < -0.39 is 15.6 Å². The van der Waals surface area contributed by atoms with Crippen LogP contribution in [0, 0.1) is 6.92 Å². The summed E-state index contributed by atoms with van der Waals surface area (Å²) in [4.78, 5) is 27.3. The standard InChI is InChI=1S/C22H23ClN2O5S/c1-14-11-20-17(12-18(14)23)19(26)13-22(30-20)7-9-25(10-8-22)21(27)15-3-5-16(6-4-15)24-31(2,28)29/h3-6,11-12,24H,7-10,13H2,1-2H3. The van der Waals surface area contributed by atoms with Crippen LogP contribution >= 0.6 is 11.6 Å². The number of hydrogen-bond acceptors (Lipinski definition) is 5. The number of nitrogens with one attached hydrogen (secondary N) is 1. The minimum atomic E-state index is -3.37. The zero-order valence-corrected chi connectivity index (χ0v) is 18.8. The Kier molecular flexibility index (Phi) is 5.47. The molecule has 1 saturated heterocycles. The van der Waals surface area contributed by atoms with Crippen molar-refractivity contribution in [2.24, 2.45) is 0 Å². The Morgan fingerprint density at radius 2 is 1.81 bits per heavy atom. The number of likely N-dealkylation sites (tertiary alicyclic amines) is 1. The van der Waals surface area contributed by atoms with Gasteiger partial charge < -0.3 is 9.64 Å². The van der Waals surface area contributed by atoms with Gasteiger partial charge >= 0.3 is 0 Å². The lowest BCUT2D eigenvalue weighted by Gasteiger charge is -2.44. The zero-order valence-electron chi connectivity index (χ0n) is 17.3. The Bertz CT molecular complexity index is 1150. The van der Waals surface area contributed by atoms with Gasteiger partial charge in [0.2, 0.25) is 10.0 Å². The van der Waals surface area contributed by atoms with Gasteiger partial charge in [0.25, 0.3) is 5.91 Å². The van der Waals surface area contributed by atoms with Gasteiger partial charge in [0.15, 0.2) is 5.78 Å². The van der Waals surface area contributed by atoms with Crippen LogP contribution in [-0.2, 0) is 10.0 Å². The molecule has 2 heterocycles. The molecule has 1 fully saturated rings. The number of carbonyl (C=O) groups excluding carboxylic acids is 2. The van der Waals surface area contributed by atoms with Gasteiger partial charge in [0.05, 0.1) is 18.2 Å². The first-order valence-corrected chi connectivity index (χ1v) is 12.2. The van der Waals surface area contributed by atoms with Crippen molar-refractivity contribution >= 4 is 39.0 Å². The number of ketones is 1. The van der Waals surface area contributed by atoms with Crippen LogP contribution in [0.4, 0.5) is 5.69 Å². The molecule has 4 rings (SSSR count). The summed E-state index contributed by atoms with van der Waals surface area (Å²) >= 11 is 6.16. The molecule has 0 radical (unpaired) electrons. The van der Waals surface area contributed by atoms with Crippen molar-refractivity contribution in [1.82, 2.24) is 4.90 Å². The van der Waals surface area contributed by atoms with Gasteiger partial charge in [-0.2, -0.15) is 0 Å². The number of sulfonamides is 1. The highest BCUT2D eigenvalue weighted by atomic mass is 35.5. The second-order valence-corrected chi connectivity index (χ2v) is 10.4. The molecule has 31 heavy (non-hydrogen) atoms. The predicted molar refractivity (Wildman–Crippen MR) is 119 cm³/mol. The summed E-state index contributed by atoms with van der Waals surface area (Å²) in [5, 5.41) is 0.546. The summed E-state index contributed by atoms with van der Waals surface area (Å²) in [6.45, 7) is 2.81. The molecule has 0 bridgehead atoms. The first-order valence-electron chi connectivity index (χ1n) is 9.95. The fourth-order valence-electron chi connectivity index (χ4n) is 4.09. The quantitative estimate of drug-likeness (QED) is 0.751. The van der Waals surface area contributed by atoms with Crippen molar-refractivity contribution < 1.29 is 22.7 Å². The molecule has 2 aromatic rings. The molecule has 2 aliphatic heterocycles. The summed E-state index contributed by atoms with van der Waals surface area (Å²) in [7, 11) is -3.37. The monoisotopic (exact) mass is 462 g/mol. The lowest BCUT2D eigenvalue weighted by atomic mass is 9.82. The topological polar surface area (TPSA) is 92.8 Å². The number of nitrogens with zero attached hydrogens (tertiary/aromatic N) is 1. The van der Waals surface area contributed by atoms with Gasteiger partial charge in [0, 0.05) is 42.2 Å². The molecule has 164 valence electrons. The largest absolute Gasteiger partial charge is 0.486 e. The van der Waals surface area contributed by atoms with E-state index in [2.05, 4.69) is 4.72 Å². The van der Waals surface area contributed by atoms with E-state index in [1.165, 1.54) is 0 Å². The molecule has 1 N–H and O–H groups in total. The van der Waals surface area contributed by atoms with Gasteiger partial charge in [-0.15, -0.1) is 0 Å². The summed E-state index contributed by atoms with van der Waals surface area (Å²) in [6.07, 6.45) is 2.45. The molecule has 0 atom stereocenters. The fraction of sp³-hybridized carbons (Fsp3) is 0.364. The molecular formula is C22H23ClN2O5S. The summed E-state index contributed by atoms with van der Waals surface area (Å²) in [5.41, 5.74) is 1.64. The lowest BCUT2D eigenvalue weighted by Crippen LogP contribution is -2.52. The Morgan fingerprint density at radius 3 is 2.42 bits per heavy atom. The van der Waals surface area contributed by atoms with E-state index in [-0.39, 0.29) is 18.1 Å². The molecule has 1 amide bonds. The van der Waals surface area contributed by atoms with Gasteiger partial charge in [-0.25, -0.2) is 8.42 Å². The minimum absolute atomic E-state index is 0.0110. The van der Waals surface area contributed by atoms with E-state index >= 15 is 0 Å². The van der Waals surface area contributed by atoms with Crippen molar-refractivity contribution in [3.8, 4) is 5.75 Å². The first-order chi connectivity index (χ1) is 14.6. The number of amides is 1. The number of Topliss-reactive ketones (excluding diaryl/α,β-unsaturated/α-hetero) is 1. The van der Waals surface area contributed by atoms with Crippen molar-refractivity contribution in [3.63, 3.8) is 0 Å². The Balaban J connectivity index is 1.44. The number of ether oxygens (including phenoxy) is 1. The highest BCUT2D eigenvalue weighted by Gasteiger charge is 2.44. The molecule has 7 nitrogen and oxygen atoms in total. The third-order valence-corrected chi connectivity index (χ3v) is 6.78. The van der Waals surface area contributed by atoms with Crippen LogP contribution in [0.2, 0.25) is 5.02 Å². The van der Waals surface area contributed by atoms with Crippen LogP contribution in [-0.4, -0.2) is 50.0 Å². The van der Waals surface area contributed by atoms with E-state index in [1.807, 2.05) is 6.92 Å². The molecule has 9 heteroatoms. The van der Waals surface area contributed by atoms with Crippen molar-refractivity contribution in [2.75, 3.05) is 24.1 Å². The molecule has 0 aliphatic carbocycles. The highest BCUT2D eigenvalue weighted by Crippen LogP contribution is 2.41. The number of anilines is 1. The molecule has 2 aliphatic rings. The van der Waals surface area contributed by atoms with Crippen LogP contribution in [0.15, 0.2) is 36.4 Å². The van der Waals surface area contributed by atoms with Crippen molar-refractivity contribution in [2.45, 2.75) is 31.8 Å². The van der Waals surface area contributed by atoms with E-state index in [9.17, 15) is 18.0 Å². The van der Waals surface area contributed by atoms with Gasteiger partial charge in [-0.3, -0.25) is 14.3 Å². The SMILES string of the molecule is Cc1cc2c(cc1Cl)C(=O)CC1(CCN(C(=O)c3ccc(NS(C)(=O)=O)cc3)CC1)O2. The number of aryl methyl sites for hydroxylation is 1. The smallest absolute Gasteiger partial charge is 0.253 e. The second-order valence-electron chi connectivity index (χ2n) is 8.23. The third kappa shape index (κ3) is 4.55. The highest BCUT2D eigenvalue weighted by molar-refractivity contribution is 7.92. The average Bonchev–Trinajstić information content (AvgIpc) is 2.69. The van der Waals surface area contributed by atoms with E-state index in [0.717, 1.165) is 11.8 Å². The number of rotatable bonds is 3. The minimum Gasteiger partial charge on any atom is -0.486 e. The number of benzene rings is 2. The molecule has 0 aromatic heterocycles. The Hall–Kier alpha value is -2.58. The lowest BCUT2D eigenvalue weighted by molar-refractivity contribution is -0.00573. The molecule has 1 spiro atoms. The van der Waals surface area contributed by atoms with Crippen molar-refractivity contribution in [1.29, 1.82) is 0 Å². The normalized spacial score (nSPS) is 17.8. The Labute approximate surface area is 186 Å². The van der Waals surface area contributed by atoms with Gasteiger partial charge in [-0.1, -0.05) is 11.6 Å². The van der Waals surface area contributed by atoms with E-state index in [4.69, 9.17) is 16.3 Å². The number of halogens is 1. The number of fused-ring (bicyclic) bond motifs is 1. The van der Waals surface area contributed by atoms with Crippen LogP contribution < -0.4 is 9.46 Å². The maximum absolute atomic E-state index is 12.9. The van der Waals surface area contributed by atoms with Crippen LogP contribution in [0.5, 0.6) is 5.75 Å². The van der Waals surface area contributed by atoms with Crippen molar-refractivity contribution in [3.05, 3.63) is 58.1 Å². The molecule has 0 saturated carbocycles. The number of piperidine rings is 1.